The van der Waals surface area contributed by atoms with Gasteiger partial charge < -0.3 is 5.32 Å². The van der Waals surface area contributed by atoms with Crippen molar-refractivity contribution >= 4 is 23.3 Å². The Balaban J connectivity index is 1.82. The minimum absolute atomic E-state index is 0.00813. The quantitative estimate of drug-likeness (QED) is 0.714. The first kappa shape index (κ1) is 15.9. The van der Waals surface area contributed by atoms with Crippen LogP contribution in [0.3, 0.4) is 0 Å². The number of anilines is 1. The molecule has 0 bridgehead atoms. The number of aromatic nitrogens is 2. The zero-order valence-electron chi connectivity index (χ0n) is 13.8. The number of nitrogens with one attached hydrogen (secondary N) is 2. The maximum atomic E-state index is 12.1. The second-order valence-electron chi connectivity index (χ2n) is 6.27. The number of hydrogen-bond donors (Lipinski definition) is 2. The zero-order chi connectivity index (χ0) is 17.4. The van der Waals surface area contributed by atoms with Crippen LogP contribution in [0.1, 0.15) is 36.0 Å². The first-order chi connectivity index (χ1) is 12.2. The first-order valence-corrected chi connectivity index (χ1v) is 8.76. The van der Waals surface area contributed by atoms with E-state index < -0.39 is 0 Å². The van der Waals surface area contributed by atoms with Gasteiger partial charge in [0.1, 0.15) is 0 Å². The number of rotatable bonds is 3. The van der Waals surface area contributed by atoms with Crippen LogP contribution in [0.4, 0.5) is 5.82 Å². The number of benzene rings is 2. The van der Waals surface area contributed by atoms with E-state index in [0.717, 1.165) is 28.8 Å². The molecule has 126 valence electrons. The molecule has 1 aliphatic rings. The molecule has 0 spiro atoms. The third kappa shape index (κ3) is 2.94. The summed E-state index contributed by atoms with van der Waals surface area (Å²) >= 11 is 6.01. The van der Waals surface area contributed by atoms with Gasteiger partial charge in [0.15, 0.2) is 5.82 Å². The molecule has 4 rings (SSSR count). The Morgan fingerprint density at radius 3 is 2.52 bits per heavy atom. The molecule has 25 heavy (non-hydrogen) atoms. The Kier molecular flexibility index (Phi) is 4.06. The molecule has 1 aliphatic heterocycles. The predicted octanol–water partition coefficient (Wildman–Crippen LogP) is 4.77. The molecule has 0 fully saturated rings. The normalized spacial score (nSPS) is 16.4. The van der Waals surface area contributed by atoms with E-state index in [1.165, 1.54) is 5.56 Å². The van der Waals surface area contributed by atoms with Crippen molar-refractivity contribution in [1.29, 1.82) is 0 Å². The van der Waals surface area contributed by atoms with Crippen molar-refractivity contribution in [2.75, 3.05) is 5.32 Å². The van der Waals surface area contributed by atoms with Gasteiger partial charge in [-0.3, -0.25) is 9.89 Å². The zero-order valence-corrected chi connectivity index (χ0v) is 14.6. The summed E-state index contributed by atoms with van der Waals surface area (Å²) in [5.41, 5.74) is 5.38. The molecule has 0 saturated heterocycles. The van der Waals surface area contributed by atoms with Gasteiger partial charge in [-0.05, 0) is 29.7 Å². The molecule has 3 aromatic rings. The molecule has 0 aliphatic carbocycles. The van der Waals surface area contributed by atoms with Crippen LogP contribution < -0.4 is 5.32 Å². The van der Waals surface area contributed by atoms with Crippen molar-refractivity contribution in [3.05, 3.63) is 70.2 Å². The summed E-state index contributed by atoms with van der Waals surface area (Å²) in [5, 5.41) is 11.0. The van der Waals surface area contributed by atoms with Crippen molar-refractivity contribution in [3.8, 4) is 11.3 Å². The molecule has 0 unspecified atom stereocenters. The Labute approximate surface area is 151 Å². The van der Waals surface area contributed by atoms with Crippen LogP contribution in [0.5, 0.6) is 0 Å². The van der Waals surface area contributed by atoms with Crippen LogP contribution in [0.2, 0.25) is 5.02 Å². The number of fused-ring (bicyclic) bond motifs is 1. The van der Waals surface area contributed by atoms with Gasteiger partial charge in [-0.1, -0.05) is 54.9 Å². The molecule has 4 nitrogen and oxygen atoms in total. The Hall–Kier alpha value is -2.59. The van der Waals surface area contributed by atoms with Crippen molar-refractivity contribution in [2.24, 2.45) is 0 Å². The third-order valence-corrected chi connectivity index (χ3v) is 4.97. The fourth-order valence-corrected chi connectivity index (χ4v) is 3.49. The average Bonchev–Trinajstić information content (AvgIpc) is 3.05. The molecule has 0 saturated carbocycles. The van der Waals surface area contributed by atoms with Gasteiger partial charge in [0.25, 0.3) is 0 Å². The molecular formula is C20H18ClN3O. The number of hydrogen-bond acceptors (Lipinski definition) is 2. The SMILES string of the molecule is CCc1ccc([C@@H]2CC(=O)Nc3n[nH]c(-c4ccc(Cl)cc4)c32)cc1. The van der Waals surface area contributed by atoms with Gasteiger partial charge in [0.2, 0.25) is 5.91 Å². The predicted molar refractivity (Wildman–Crippen MR) is 99.9 cm³/mol. The Morgan fingerprint density at radius 2 is 1.84 bits per heavy atom. The van der Waals surface area contributed by atoms with E-state index in [-0.39, 0.29) is 11.8 Å². The molecule has 0 radical (unpaired) electrons. The van der Waals surface area contributed by atoms with Gasteiger partial charge in [-0.2, -0.15) is 5.10 Å². The van der Waals surface area contributed by atoms with Crippen molar-refractivity contribution in [1.82, 2.24) is 10.2 Å². The van der Waals surface area contributed by atoms with Gasteiger partial charge >= 0.3 is 0 Å². The second kappa shape index (κ2) is 6.37. The number of aryl methyl sites for hydroxylation is 1. The summed E-state index contributed by atoms with van der Waals surface area (Å²) in [4.78, 5) is 12.1. The van der Waals surface area contributed by atoms with Crippen LogP contribution in [0.15, 0.2) is 48.5 Å². The molecular weight excluding hydrogens is 334 g/mol. The topological polar surface area (TPSA) is 57.8 Å². The van der Waals surface area contributed by atoms with Crippen LogP contribution >= 0.6 is 11.6 Å². The standard InChI is InChI=1S/C20H18ClN3O/c1-2-12-3-5-13(6-4-12)16-11-17(25)22-20-18(16)19(23-24-20)14-7-9-15(21)10-8-14/h3-10,16H,2,11H2,1H3,(H2,22,23,24,25)/t16-/m0/s1. The smallest absolute Gasteiger partial charge is 0.226 e. The minimum Gasteiger partial charge on any atom is -0.309 e. The number of carbonyl (C=O) groups excluding carboxylic acids is 1. The highest BCUT2D eigenvalue weighted by Crippen LogP contribution is 2.41. The van der Waals surface area contributed by atoms with Crippen LogP contribution in [-0.4, -0.2) is 16.1 Å². The Morgan fingerprint density at radius 1 is 1.12 bits per heavy atom. The summed E-state index contributed by atoms with van der Waals surface area (Å²) in [7, 11) is 0. The van der Waals surface area contributed by atoms with E-state index in [4.69, 9.17) is 11.6 Å². The maximum absolute atomic E-state index is 12.1. The lowest BCUT2D eigenvalue weighted by molar-refractivity contribution is -0.116. The van der Waals surface area contributed by atoms with E-state index in [0.29, 0.717) is 17.3 Å². The lowest BCUT2D eigenvalue weighted by Gasteiger charge is -2.23. The number of aromatic amines is 1. The van der Waals surface area contributed by atoms with E-state index in [9.17, 15) is 4.79 Å². The highest BCUT2D eigenvalue weighted by molar-refractivity contribution is 6.30. The molecule has 2 N–H and O–H groups in total. The highest BCUT2D eigenvalue weighted by atomic mass is 35.5. The monoisotopic (exact) mass is 351 g/mol. The van der Waals surface area contributed by atoms with E-state index in [2.05, 4.69) is 46.7 Å². The van der Waals surface area contributed by atoms with E-state index in [1.54, 1.807) is 0 Å². The maximum Gasteiger partial charge on any atom is 0.226 e. The summed E-state index contributed by atoms with van der Waals surface area (Å²) in [6.45, 7) is 2.13. The molecule has 1 atom stereocenters. The number of carbonyl (C=O) groups is 1. The van der Waals surface area contributed by atoms with E-state index in [1.807, 2.05) is 24.3 Å². The minimum atomic E-state index is -0.0147. The van der Waals surface area contributed by atoms with Gasteiger partial charge in [-0.25, -0.2) is 0 Å². The van der Waals surface area contributed by atoms with Crippen molar-refractivity contribution in [2.45, 2.75) is 25.7 Å². The summed E-state index contributed by atoms with van der Waals surface area (Å²) < 4.78 is 0. The summed E-state index contributed by atoms with van der Waals surface area (Å²) in [6.07, 6.45) is 1.41. The fraction of sp³-hybridized carbons (Fsp3) is 0.200. The molecule has 1 aromatic heterocycles. The lowest BCUT2D eigenvalue weighted by atomic mass is 9.84. The Bertz CT molecular complexity index is 913. The number of amides is 1. The molecule has 5 heteroatoms. The highest BCUT2D eigenvalue weighted by Gasteiger charge is 2.31. The second-order valence-corrected chi connectivity index (χ2v) is 6.70. The number of nitrogens with zero attached hydrogens (tertiary/aromatic N) is 1. The van der Waals surface area contributed by atoms with Crippen LogP contribution in [-0.2, 0) is 11.2 Å². The molecule has 1 amide bonds. The first-order valence-electron chi connectivity index (χ1n) is 8.38. The largest absolute Gasteiger partial charge is 0.309 e. The van der Waals surface area contributed by atoms with Crippen molar-refractivity contribution in [3.63, 3.8) is 0 Å². The summed E-state index contributed by atoms with van der Waals surface area (Å²) in [6, 6.07) is 16.1. The fourth-order valence-electron chi connectivity index (χ4n) is 3.36. The van der Waals surface area contributed by atoms with Gasteiger partial charge in [0.05, 0.1) is 5.69 Å². The number of halogens is 1. The van der Waals surface area contributed by atoms with Crippen LogP contribution in [0.25, 0.3) is 11.3 Å². The van der Waals surface area contributed by atoms with E-state index >= 15 is 0 Å². The number of H-pyrrole nitrogens is 1. The van der Waals surface area contributed by atoms with Gasteiger partial charge in [0, 0.05) is 28.5 Å². The van der Waals surface area contributed by atoms with Gasteiger partial charge in [-0.15, -0.1) is 0 Å². The molecule has 2 heterocycles. The lowest BCUT2D eigenvalue weighted by Crippen LogP contribution is -2.23. The van der Waals surface area contributed by atoms with Crippen molar-refractivity contribution < 1.29 is 4.79 Å². The average molecular weight is 352 g/mol. The summed E-state index contributed by atoms with van der Waals surface area (Å²) in [5.74, 6) is 0.594. The molecule has 2 aromatic carbocycles. The van der Waals surface area contributed by atoms with Crippen LogP contribution in [0, 0.1) is 0 Å². The third-order valence-electron chi connectivity index (χ3n) is 4.72.